The first-order valence-corrected chi connectivity index (χ1v) is 7.47. The molecule has 0 aliphatic heterocycles. The first-order valence-electron chi connectivity index (χ1n) is 6.69. The maximum absolute atomic E-state index is 5.95. The van der Waals surface area contributed by atoms with Crippen LogP contribution in [0.5, 0.6) is 0 Å². The maximum atomic E-state index is 5.95. The van der Waals surface area contributed by atoms with Gasteiger partial charge in [0.05, 0.1) is 5.39 Å². The minimum Gasteiger partial charge on any atom is -0.332 e. The number of benzene rings is 1. The van der Waals surface area contributed by atoms with Crippen molar-refractivity contribution >= 4 is 51.5 Å². The zero-order valence-electron chi connectivity index (χ0n) is 12.1. The zero-order valence-corrected chi connectivity index (χ0v) is 13.6. The molecule has 0 atom stereocenters. The van der Waals surface area contributed by atoms with Gasteiger partial charge in [0.25, 0.3) is 0 Å². The minimum atomic E-state index is 0.458. The SMILES string of the molecule is Cc1ccc2c(NC(=S)Nc3ccc(Cl)cc3C)n[nH]c2n1. The summed E-state index contributed by atoms with van der Waals surface area (Å²) in [7, 11) is 0. The molecule has 3 rings (SSSR count). The van der Waals surface area contributed by atoms with Crippen LogP contribution in [0.15, 0.2) is 30.3 Å². The highest BCUT2D eigenvalue weighted by molar-refractivity contribution is 7.80. The van der Waals surface area contributed by atoms with Crippen molar-refractivity contribution in [1.82, 2.24) is 15.2 Å². The average molecular weight is 332 g/mol. The standard InChI is InChI=1S/C15H14ClN5S/c1-8-7-10(16)4-6-12(8)18-15(22)19-14-11-5-3-9(2)17-13(11)20-21-14/h3-7H,1-2H3,(H3,17,18,19,20,21,22). The Kier molecular flexibility index (Phi) is 3.96. The second kappa shape index (κ2) is 5.90. The second-order valence-corrected chi connectivity index (χ2v) is 5.80. The second-order valence-electron chi connectivity index (χ2n) is 4.96. The topological polar surface area (TPSA) is 65.6 Å². The Hall–Kier alpha value is -2.18. The van der Waals surface area contributed by atoms with Gasteiger partial charge in [0.15, 0.2) is 16.6 Å². The summed E-state index contributed by atoms with van der Waals surface area (Å²) in [5, 5.41) is 15.4. The van der Waals surface area contributed by atoms with E-state index < -0.39 is 0 Å². The number of nitrogens with one attached hydrogen (secondary N) is 3. The van der Waals surface area contributed by atoms with Gasteiger partial charge in [-0.25, -0.2) is 4.98 Å². The molecular formula is C15H14ClN5S. The highest BCUT2D eigenvalue weighted by atomic mass is 35.5. The zero-order chi connectivity index (χ0) is 15.7. The van der Waals surface area contributed by atoms with Crippen LogP contribution in [0.25, 0.3) is 11.0 Å². The highest BCUT2D eigenvalue weighted by Gasteiger charge is 2.09. The molecule has 0 saturated carbocycles. The molecule has 112 valence electrons. The third kappa shape index (κ3) is 3.03. The van der Waals surface area contributed by atoms with Crippen molar-refractivity contribution in [3.8, 4) is 0 Å². The van der Waals surface area contributed by atoms with Crippen LogP contribution in [0.4, 0.5) is 11.5 Å². The van der Waals surface area contributed by atoms with Crippen LogP contribution in [0, 0.1) is 13.8 Å². The lowest BCUT2D eigenvalue weighted by Crippen LogP contribution is -2.20. The summed E-state index contributed by atoms with van der Waals surface area (Å²) >= 11 is 11.3. The summed E-state index contributed by atoms with van der Waals surface area (Å²) in [5.41, 5.74) is 3.57. The molecular weight excluding hydrogens is 318 g/mol. The number of hydrogen-bond acceptors (Lipinski definition) is 3. The summed E-state index contributed by atoms with van der Waals surface area (Å²) in [6, 6.07) is 9.47. The van der Waals surface area contributed by atoms with Gasteiger partial charge >= 0.3 is 0 Å². The molecule has 0 unspecified atom stereocenters. The Morgan fingerprint density at radius 2 is 2.00 bits per heavy atom. The number of hydrogen-bond donors (Lipinski definition) is 3. The van der Waals surface area contributed by atoms with E-state index in [9.17, 15) is 0 Å². The number of anilines is 2. The maximum Gasteiger partial charge on any atom is 0.176 e. The normalized spacial score (nSPS) is 10.7. The molecule has 22 heavy (non-hydrogen) atoms. The van der Waals surface area contributed by atoms with E-state index in [1.807, 2.05) is 44.2 Å². The molecule has 3 aromatic rings. The van der Waals surface area contributed by atoms with Crippen molar-refractivity contribution in [2.45, 2.75) is 13.8 Å². The fourth-order valence-electron chi connectivity index (χ4n) is 2.13. The largest absolute Gasteiger partial charge is 0.332 e. The molecule has 2 aromatic heterocycles. The van der Waals surface area contributed by atoms with Crippen LogP contribution in [0.1, 0.15) is 11.3 Å². The van der Waals surface area contributed by atoms with Crippen LogP contribution in [-0.4, -0.2) is 20.3 Å². The molecule has 3 N–H and O–H groups in total. The molecule has 5 nitrogen and oxygen atoms in total. The first kappa shape index (κ1) is 14.7. The van der Waals surface area contributed by atoms with Gasteiger partial charge in [-0.2, -0.15) is 5.10 Å². The fraction of sp³-hybridized carbons (Fsp3) is 0.133. The minimum absolute atomic E-state index is 0.458. The fourth-order valence-corrected chi connectivity index (χ4v) is 2.56. The van der Waals surface area contributed by atoms with Crippen molar-refractivity contribution in [2.24, 2.45) is 0 Å². The Balaban J connectivity index is 1.78. The van der Waals surface area contributed by atoms with E-state index in [0.717, 1.165) is 28.0 Å². The molecule has 0 bridgehead atoms. The van der Waals surface area contributed by atoms with Gasteiger partial charge in [0.2, 0.25) is 0 Å². The smallest absolute Gasteiger partial charge is 0.176 e. The molecule has 1 aromatic carbocycles. The van der Waals surface area contributed by atoms with Crippen molar-refractivity contribution in [3.63, 3.8) is 0 Å². The quantitative estimate of drug-likeness (QED) is 0.618. The van der Waals surface area contributed by atoms with Crippen molar-refractivity contribution in [2.75, 3.05) is 10.6 Å². The lowest BCUT2D eigenvalue weighted by molar-refractivity contribution is 1.09. The average Bonchev–Trinajstić information content (AvgIpc) is 2.84. The third-order valence-corrected chi connectivity index (χ3v) is 3.67. The first-order chi connectivity index (χ1) is 10.5. The molecule has 0 aliphatic rings. The van der Waals surface area contributed by atoms with Gasteiger partial charge < -0.3 is 10.6 Å². The van der Waals surface area contributed by atoms with E-state index in [1.165, 1.54) is 0 Å². The van der Waals surface area contributed by atoms with E-state index >= 15 is 0 Å². The molecule has 0 radical (unpaired) electrons. The monoisotopic (exact) mass is 331 g/mol. The number of H-pyrrole nitrogens is 1. The van der Waals surface area contributed by atoms with Crippen LogP contribution in [-0.2, 0) is 0 Å². The third-order valence-electron chi connectivity index (χ3n) is 3.23. The van der Waals surface area contributed by atoms with Gasteiger partial charge in [-0.15, -0.1) is 0 Å². The Labute approximate surface area is 138 Å². The lowest BCUT2D eigenvalue weighted by atomic mass is 10.2. The lowest BCUT2D eigenvalue weighted by Gasteiger charge is -2.11. The Morgan fingerprint density at radius 3 is 2.77 bits per heavy atom. The summed E-state index contributed by atoms with van der Waals surface area (Å²) < 4.78 is 0. The number of aryl methyl sites for hydroxylation is 2. The van der Waals surface area contributed by atoms with Crippen LogP contribution < -0.4 is 10.6 Å². The number of thiocarbonyl (C=S) groups is 1. The molecule has 0 saturated heterocycles. The van der Waals surface area contributed by atoms with E-state index in [1.54, 1.807) is 0 Å². The van der Waals surface area contributed by atoms with E-state index in [0.29, 0.717) is 16.0 Å². The molecule has 7 heteroatoms. The number of nitrogens with zero attached hydrogens (tertiary/aromatic N) is 2. The summed E-state index contributed by atoms with van der Waals surface area (Å²) in [6.45, 7) is 3.90. The highest BCUT2D eigenvalue weighted by Crippen LogP contribution is 2.21. The van der Waals surface area contributed by atoms with E-state index in [2.05, 4.69) is 25.8 Å². The predicted molar refractivity (Wildman–Crippen MR) is 94.7 cm³/mol. The molecule has 0 aliphatic carbocycles. The summed E-state index contributed by atoms with van der Waals surface area (Å²) in [4.78, 5) is 4.38. The Bertz CT molecular complexity index is 858. The number of pyridine rings is 1. The van der Waals surface area contributed by atoms with Gasteiger partial charge in [-0.1, -0.05) is 11.6 Å². The van der Waals surface area contributed by atoms with E-state index in [-0.39, 0.29) is 0 Å². The molecule has 0 fully saturated rings. The van der Waals surface area contributed by atoms with E-state index in [4.69, 9.17) is 23.8 Å². The van der Waals surface area contributed by atoms with Gasteiger partial charge in [-0.3, -0.25) is 5.10 Å². The van der Waals surface area contributed by atoms with Gasteiger partial charge in [0, 0.05) is 16.4 Å². The molecule has 0 amide bonds. The Morgan fingerprint density at radius 1 is 1.18 bits per heavy atom. The van der Waals surface area contributed by atoms with Crippen LogP contribution in [0.2, 0.25) is 5.02 Å². The van der Waals surface area contributed by atoms with Crippen LogP contribution in [0.3, 0.4) is 0 Å². The number of aromatic nitrogens is 3. The number of fused-ring (bicyclic) bond motifs is 1. The molecule has 0 spiro atoms. The van der Waals surface area contributed by atoms with Gasteiger partial charge in [0.1, 0.15) is 0 Å². The number of aromatic amines is 1. The summed E-state index contributed by atoms with van der Waals surface area (Å²) in [6.07, 6.45) is 0. The number of halogens is 1. The number of rotatable bonds is 2. The van der Waals surface area contributed by atoms with Crippen LogP contribution >= 0.6 is 23.8 Å². The van der Waals surface area contributed by atoms with Crippen molar-refractivity contribution in [1.29, 1.82) is 0 Å². The summed E-state index contributed by atoms with van der Waals surface area (Å²) in [5.74, 6) is 0.645. The molecule has 2 heterocycles. The van der Waals surface area contributed by atoms with Crippen molar-refractivity contribution < 1.29 is 0 Å². The van der Waals surface area contributed by atoms with Gasteiger partial charge in [-0.05, 0) is 62.0 Å². The van der Waals surface area contributed by atoms with Crippen molar-refractivity contribution in [3.05, 3.63) is 46.6 Å². The predicted octanol–water partition coefficient (Wildman–Crippen LogP) is 4.04.